The van der Waals surface area contributed by atoms with Crippen molar-refractivity contribution in [1.82, 2.24) is 4.90 Å². The molecule has 0 fully saturated rings. The molecule has 0 aliphatic rings. The van der Waals surface area contributed by atoms with Crippen LogP contribution in [0.3, 0.4) is 0 Å². The van der Waals surface area contributed by atoms with Gasteiger partial charge >= 0.3 is 0 Å². The standard InChI is InChI=1S/C23H39N/c1-10-19-12-14-20(15-13-19)16-17-24(22(6,7)11-2)23(8,9)18-21(3,4)5/h10,12-15H,1,11,16-18H2,2-9H3. The van der Waals surface area contributed by atoms with Crippen molar-refractivity contribution in [3.8, 4) is 0 Å². The summed E-state index contributed by atoms with van der Waals surface area (Å²) < 4.78 is 0. The predicted octanol–water partition coefficient (Wildman–Crippen LogP) is 6.58. The van der Waals surface area contributed by atoms with E-state index in [-0.39, 0.29) is 11.1 Å². The molecule has 0 N–H and O–H groups in total. The summed E-state index contributed by atoms with van der Waals surface area (Å²) in [6.45, 7) is 23.9. The van der Waals surface area contributed by atoms with E-state index in [1.807, 2.05) is 6.08 Å². The van der Waals surface area contributed by atoms with E-state index in [2.05, 4.69) is 91.1 Å². The molecule has 1 rings (SSSR count). The zero-order valence-corrected chi connectivity index (χ0v) is 17.4. The van der Waals surface area contributed by atoms with Gasteiger partial charge < -0.3 is 0 Å². The van der Waals surface area contributed by atoms with E-state index in [0.29, 0.717) is 5.41 Å². The van der Waals surface area contributed by atoms with Crippen LogP contribution < -0.4 is 0 Å². The predicted molar refractivity (Wildman–Crippen MR) is 109 cm³/mol. The monoisotopic (exact) mass is 329 g/mol. The first-order chi connectivity index (χ1) is 10.9. The lowest BCUT2D eigenvalue weighted by Crippen LogP contribution is -2.57. The Labute approximate surface area is 151 Å². The highest BCUT2D eigenvalue weighted by Crippen LogP contribution is 2.36. The molecule has 0 spiro atoms. The molecule has 0 unspecified atom stereocenters. The summed E-state index contributed by atoms with van der Waals surface area (Å²) in [4.78, 5) is 2.73. The largest absolute Gasteiger partial charge is 0.293 e. The van der Waals surface area contributed by atoms with Crippen molar-refractivity contribution in [3.05, 3.63) is 42.0 Å². The second kappa shape index (κ2) is 7.87. The van der Waals surface area contributed by atoms with Crippen LogP contribution in [0.2, 0.25) is 0 Å². The summed E-state index contributed by atoms with van der Waals surface area (Å²) in [5.41, 5.74) is 3.31. The maximum Gasteiger partial charge on any atom is 0.0163 e. The first-order valence-electron chi connectivity index (χ1n) is 9.40. The third-order valence-corrected chi connectivity index (χ3v) is 5.13. The molecule has 1 aromatic rings. The van der Waals surface area contributed by atoms with E-state index in [4.69, 9.17) is 0 Å². The molecule has 0 saturated heterocycles. The van der Waals surface area contributed by atoms with Crippen molar-refractivity contribution in [2.24, 2.45) is 5.41 Å². The van der Waals surface area contributed by atoms with Crippen LogP contribution in [0, 0.1) is 5.41 Å². The number of rotatable bonds is 8. The smallest absolute Gasteiger partial charge is 0.0163 e. The summed E-state index contributed by atoms with van der Waals surface area (Å²) in [7, 11) is 0. The Kier molecular flexibility index (Phi) is 6.87. The summed E-state index contributed by atoms with van der Waals surface area (Å²) in [6, 6.07) is 8.81. The lowest BCUT2D eigenvalue weighted by Gasteiger charge is -2.51. The van der Waals surface area contributed by atoms with Crippen molar-refractivity contribution in [3.63, 3.8) is 0 Å². The topological polar surface area (TPSA) is 3.24 Å². The van der Waals surface area contributed by atoms with Crippen LogP contribution >= 0.6 is 0 Å². The zero-order valence-electron chi connectivity index (χ0n) is 17.4. The first-order valence-corrected chi connectivity index (χ1v) is 9.40. The van der Waals surface area contributed by atoms with Gasteiger partial charge in [0.1, 0.15) is 0 Å². The van der Waals surface area contributed by atoms with Gasteiger partial charge in [-0.15, -0.1) is 0 Å². The highest BCUT2D eigenvalue weighted by atomic mass is 15.2. The molecular formula is C23H39N. The van der Waals surface area contributed by atoms with Gasteiger partial charge in [0.25, 0.3) is 0 Å². The Morgan fingerprint density at radius 2 is 1.46 bits per heavy atom. The second-order valence-electron chi connectivity index (χ2n) is 9.56. The highest BCUT2D eigenvalue weighted by molar-refractivity contribution is 5.47. The summed E-state index contributed by atoms with van der Waals surface area (Å²) >= 11 is 0. The minimum atomic E-state index is 0.179. The Morgan fingerprint density at radius 1 is 0.917 bits per heavy atom. The highest BCUT2D eigenvalue weighted by Gasteiger charge is 2.38. The van der Waals surface area contributed by atoms with Crippen LogP contribution in [-0.2, 0) is 6.42 Å². The van der Waals surface area contributed by atoms with Gasteiger partial charge in [-0.2, -0.15) is 0 Å². The third-order valence-electron chi connectivity index (χ3n) is 5.13. The number of hydrogen-bond donors (Lipinski definition) is 0. The quantitative estimate of drug-likeness (QED) is 0.521. The molecule has 0 radical (unpaired) electrons. The van der Waals surface area contributed by atoms with Crippen LogP contribution in [0.25, 0.3) is 6.08 Å². The van der Waals surface area contributed by atoms with Gasteiger partial charge in [0.15, 0.2) is 0 Å². The molecule has 0 aliphatic carbocycles. The number of hydrogen-bond acceptors (Lipinski definition) is 1. The fourth-order valence-electron chi connectivity index (χ4n) is 4.07. The molecule has 0 heterocycles. The van der Waals surface area contributed by atoms with Crippen LogP contribution in [0.1, 0.15) is 79.4 Å². The molecule has 0 atom stereocenters. The van der Waals surface area contributed by atoms with E-state index < -0.39 is 0 Å². The van der Waals surface area contributed by atoms with E-state index in [0.717, 1.165) is 19.4 Å². The molecule has 0 bridgehead atoms. The average molecular weight is 330 g/mol. The SMILES string of the molecule is C=Cc1ccc(CCN(C(C)(C)CC)C(C)(C)CC(C)(C)C)cc1. The van der Waals surface area contributed by atoms with Gasteiger partial charge in [-0.25, -0.2) is 0 Å². The van der Waals surface area contributed by atoms with E-state index in [9.17, 15) is 0 Å². The molecule has 0 amide bonds. The van der Waals surface area contributed by atoms with Crippen molar-refractivity contribution >= 4 is 6.08 Å². The first kappa shape index (κ1) is 21.0. The van der Waals surface area contributed by atoms with Crippen molar-refractivity contribution in [1.29, 1.82) is 0 Å². The molecule has 1 aromatic carbocycles. The molecule has 24 heavy (non-hydrogen) atoms. The third kappa shape index (κ3) is 6.09. The van der Waals surface area contributed by atoms with E-state index in [1.54, 1.807) is 0 Å². The van der Waals surface area contributed by atoms with Gasteiger partial charge in [-0.3, -0.25) is 4.90 Å². The van der Waals surface area contributed by atoms with Gasteiger partial charge in [0.05, 0.1) is 0 Å². The maximum atomic E-state index is 3.84. The zero-order chi connectivity index (χ0) is 18.6. The summed E-state index contributed by atoms with van der Waals surface area (Å²) in [5.74, 6) is 0. The Hall–Kier alpha value is -1.08. The van der Waals surface area contributed by atoms with Crippen LogP contribution in [0.4, 0.5) is 0 Å². The van der Waals surface area contributed by atoms with Gasteiger partial charge in [-0.05, 0) is 63.5 Å². The molecular weight excluding hydrogens is 290 g/mol. The van der Waals surface area contributed by atoms with Crippen LogP contribution in [0.15, 0.2) is 30.8 Å². The van der Waals surface area contributed by atoms with Gasteiger partial charge in [-0.1, -0.05) is 64.6 Å². The molecule has 1 heteroatoms. The van der Waals surface area contributed by atoms with Crippen LogP contribution in [0.5, 0.6) is 0 Å². The molecule has 0 aliphatic heterocycles. The van der Waals surface area contributed by atoms with Crippen LogP contribution in [-0.4, -0.2) is 22.5 Å². The van der Waals surface area contributed by atoms with Gasteiger partial charge in [0.2, 0.25) is 0 Å². The molecule has 1 nitrogen and oxygen atoms in total. The number of benzene rings is 1. The van der Waals surface area contributed by atoms with Crippen molar-refractivity contribution < 1.29 is 0 Å². The summed E-state index contributed by atoms with van der Waals surface area (Å²) in [6.07, 6.45) is 5.35. The molecule has 136 valence electrons. The molecule has 0 aromatic heterocycles. The lowest BCUT2D eigenvalue weighted by molar-refractivity contribution is -0.00788. The fraction of sp³-hybridized carbons (Fsp3) is 0.652. The van der Waals surface area contributed by atoms with Crippen molar-refractivity contribution in [2.45, 2.75) is 85.7 Å². The summed E-state index contributed by atoms with van der Waals surface area (Å²) in [5, 5.41) is 0. The second-order valence-corrected chi connectivity index (χ2v) is 9.56. The minimum absolute atomic E-state index is 0.179. The molecule has 0 saturated carbocycles. The normalized spacial score (nSPS) is 13.4. The average Bonchev–Trinajstić information content (AvgIpc) is 2.45. The Balaban J connectivity index is 2.95. The minimum Gasteiger partial charge on any atom is -0.293 e. The van der Waals surface area contributed by atoms with Crippen molar-refractivity contribution in [2.75, 3.05) is 6.54 Å². The van der Waals surface area contributed by atoms with Gasteiger partial charge in [0, 0.05) is 17.6 Å². The van der Waals surface area contributed by atoms with E-state index in [1.165, 1.54) is 17.5 Å². The lowest BCUT2D eigenvalue weighted by atomic mass is 9.78. The Bertz CT molecular complexity index is 514. The number of nitrogens with zero attached hydrogens (tertiary/aromatic N) is 1. The maximum absolute atomic E-state index is 3.84. The van der Waals surface area contributed by atoms with E-state index >= 15 is 0 Å². The Morgan fingerprint density at radius 3 is 1.88 bits per heavy atom. The fourth-order valence-corrected chi connectivity index (χ4v) is 4.07.